The summed E-state index contributed by atoms with van der Waals surface area (Å²) in [6, 6.07) is -0.285. The predicted octanol–water partition coefficient (Wildman–Crippen LogP) is -0.545. The van der Waals surface area contributed by atoms with Gasteiger partial charge < -0.3 is 20.5 Å². The lowest BCUT2D eigenvalue weighted by atomic mass is 9.97. The molecule has 0 aromatic rings. The highest BCUT2D eigenvalue weighted by molar-refractivity contribution is 5.73. The smallest absolute Gasteiger partial charge is 0.314 e. The fourth-order valence-corrected chi connectivity index (χ4v) is 1.32. The zero-order valence-electron chi connectivity index (χ0n) is 7.96. The molecular weight excluding hydrogens is 172 g/mol. The molecule has 76 valence electrons. The van der Waals surface area contributed by atoms with Crippen molar-refractivity contribution in [2.24, 2.45) is 0 Å². The Balaban J connectivity index is 2.38. The summed E-state index contributed by atoms with van der Waals surface area (Å²) >= 11 is 0. The fraction of sp³-hybridized carbons (Fsp3) is 0.875. The molecule has 0 saturated carbocycles. The third kappa shape index (κ3) is 2.32. The van der Waals surface area contributed by atoms with Crippen molar-refractivity contribution < 1.29 is 14.6 Å². The Morgan fingerprint density at radius 1 is 1.77 bits per heavy atom. The van der Waals surface area contributed by atoms with E-state index in [1.807, 2.05) is 0 Å². The highest BCUT2D eigenvalue weighted by Gasteiger charge is 2.39. The molecule has 1 fully saturated rings. The molecule has 2 atom stereocenters. The number of hydrogen-bond acceptors (Lipinski definition) is 3. The van der Waals surface area contributed by atoms with Gasteiger partial charge in [-0.05, 0) is 6.92 Å². The molecule has 1 aliphatic heterocycles. The molecule has 0 spiro atoms. The van der Waals surface area contributed by atoms with Crippen LogP contribution in [0.25, 0.3) is 0 Å². The van der Waals surface area contributed by atoms with Crippen molar-refractivity contribution in [3.05, 3.63) is 0 Å². The summed E-state index contributed by atoms with van der Waals surface area (Å²) in [6.45, 7) is 2.58. The minimum Gasteiger partial charge on any atom is -0.385 e. The van der Waals surface area contributed by atoms with Crippen molar-refractivity contribution in [1.82, 2.24) is 10.6 Å². The molecular formula is C8H16N2O3. The number of nitrogens with one attached hydrogen (secondary N) is 2. The van der Waals surface area contributed by atoms with Gasteiger partial charge in [0.05, 0.1) is 12.6 Å². The van der Waals surface area contributed by atoms with Crippen LogP contribution in [-0.2, 0) is 4.74 Å². The zero-order valence-corrected chi connectivity index (χ0v) is 7.96. The molecule has 1 aliphatic rings. The fourth-order valence-electron chi connectivity index (χ4n) is 1.32. The Hall–Kier alpha value is -0.810. The van der Waals surface area contributed by atoms with Crippen LogP contribution in [0.1, 0.15) is 13.3 Å². The maximum Gasteiger partial charge on any atom is 0.314 e. The maximum atomic E-state index is 10.8. The number of rotatable bonds is 2. The molecule has 3 N–H and O–H groups in total. The second-order valence-electron chi connectivity index (χ2n) is 3.30. The number of carbonyl (C=O) groups excluding carboxylic acids is 1. The summed E-state index contributed by atoms with van der Waals surface area (Å²) < 4.78 is 5.21. The van der Waals surface area contributed by atoms with Gasteiger partial charge in [0.15, 0.2) is 0 Å². The number of hydrogen-bond donors (Lipinski definition) is 3. The largest absolute Gasteiger partial charge is 0.385 e. The van der Waals surface area contributed by atoms with Crippen LogP contribution >= 0.6 is 0 Å². The molecule has 0 aromatic carbocycles. The Labute approximate surface area is 77.5 Å². The first-order valence-electron chi connectivity index (χ1n) is 4.38. The first kappa shape index (κ1) is 10.3. The van der Waals surface area contributed by atoms with Crippen molar-refractivity contribution in [3.8, 4) is 0 Å². The van der Waals surface area contributed by atoms with Crippen molar-refractivity contribution in [3.63, 3.8) is 0 Å². The number of carbonyl (C=O) groups is 1. The van der Waals surface area contributed by atoms with Gasteiger partial charge >= 0.3 is 6.03 Å². The van der Waals surface area contributed by atoms with Gasteiger partial charge in [0.2, 0.25) is 0 Å². The molecule has 13 heavy (non-hydrogen) atoms. The number of aliphatic hydroxyl groups is 1. The monoisotopic (exact) mass is 188 g/mol. The molecule has 1 rings (SSSR count). The minimum atomic E-state index is -0.910. The van der Waals surface area contributed by atoms with E-state index in [0.717, 1.165) is 0 Å². The van der Waals surface area contributed by atoms with E-state index < -0.39 is 5.60 Å². The van der Waals surface area contributed by atoms with Gasteiger partial charge in [0.25, 0.3) is 0 Å². The number of amides is 2. The van der Waals surface area contributed by atoms with E-state index in [-0.39, 0.29) is 18.7 Å². The van der Waals surface area contributed by atoms with Crippen molar-refractivity contribution in [1.29, 1.82) is 0 Å². The quantitative estimate of drug-likeness (QED) is 0.545. The molecule has 0 aromatic heterocycles. The Kier molecular flexibility index (Phi) is 3.11. The van der Waals surface area contributed by atoms with Crippen LogP contribution in [0.5, 0.6) is 0 Å². The summed E-state index contributed by atoms with van der Waals surface area (Å²) in [7, 11) is 1.54. The third-order valence-electron chi connectivity index (χ3n) is 2.44. The predicted molar refractivity (Wildman–Crippen MR) is 47.4 cm³/mol. The first-order valence-corrected chi connectivity index (χ1v) is 4.38. The Bertz CT molecular complexity index is 198. The van der Waals surface area contributed by atoms with E-state index in [0.29, 0.717) is 13.0 Å². The summed E-state index contributed by atoms with van der Waals surface area (Å²) in [6.07, 6.45) is 0.350. The molecule has 2 amide bonds. The van der Waals surface area contributed by atoms with Crippen LogP contribution in [0, 0.1) is 0 Å². The van der Waals surface area contributed by atoms with Crippen molar-refractivity contribution >= 4 is 6.03 Å². The molecule has 5 nitrogen and oxygen atoms in total. The molecule has 2 unspecified atom stereocenters. The maximum absolute atomic E-state index is 10.8. The third-order valence-corrected chi connectivity index (χ3v) is 2.44. The standard InChI is InChI=1S/C8H16N2O3/c1-6-8(12,3-4-13-6)5-10-7(11)9-2/h6,12H,3-5H2,1-2H3,(H2,9,10,11). The molecule has 1 saturated heterocycles. The average molecular weight is 188 g/mol. The van der Waals surface area contributed by atoms with Crippen LogP contribution < -0.4 is 10.6 Å². The van der Waals surface area contributed by atoms with Crippen LogP contribution in [0.4, 0.5) is 4.79 Å². The molecule has 0 aliphatic carbocycles. The van der Waals surface area contributed by atoms with Gasteiger partial charge in [-0.1, -0.05) is 0 Å². The molecule has 1 heterocycles. The summed E-state index contributed by atoms with van der Waals surface area (Å²) in [5.74, 6) is 0. The number of urea groups is 1. The average Bonchev–Trinajstić information content (AvgIpc) is 2.44. The Morgan fingerprint density at radius 2 is 2.46 bits per heavy atom. The second-order valence-corrected chi connectivity index (χ2v) is 3.30. The lowest BCUT2D eigenvalue weighted by Gasteiger charge is -2.25. The lowest BCUT2D eigenvalue weighted by molar-refractivity contribution is -0.0242. The topological polar surface area (TPSA) is 70.6 Å². The normalized spacial score (nSPS) is 33.0. The SMILES string of the molecule is CNC(=O)NCC1(O)CCOC1C. The molecule has 0 radical (unpaired) electrons. The highest BCUT2D eigenvalue weighted by atomic mass is 16.5. The van der Waals surface area contributed by atoms with E-state index in [4.69, 9.17) is 4.74 Å². The van der Waals surface area contributed by atoms with Crippen molar-refractivity contribution in [2.75, 3.05) is 20.2 Å². The van der Waals surface area contributed by atoms with Crippen LogP contribution in [-0.4, -0.2) is 43.0 Å². The summed E-state index contributed by atoms with van der Waals surface area (Å²) in [5.41, 5.74) is -0.910. The van der Waals surface area contributed by atoms with Gasteiger partial charge in [-0.15, -0.1) is 0 Å². The van der Waals surface area contributed by atoms with E-state index in [1.165, 1.54) is 7.05 Å². The Morgan fingerprint density at radius 3 is 2.92 bits per heavy atom. The van der Waals surface area contributed by atoms with Gasteiger partial charge in [-0.3, -0.25) is 0 Å². The highest BCUT2D eigenvalue weighted by Crippen LogP contribution is 2.24. The van der Waals surface area contributed by atoms with E-state index >= 15 is 0 Å². The zero-order chi connectivity index (χ0) is 9.90. The van der Waals surface area contributed by atoms with E-state index in [9.17, 15) is 9.90 Å². The van der Waals surface area contributed by atoms with Crippen LogP contribution in [0.3, 0.4) is 0 Å². The van der Waals surface area contributed by atoms with E-state index in [2.05, 4.69) is 10.6 Å². The second kappa shape index (κ2) is 3.93. The molecule has 0 bridgehead atoms. The first-order chi connectivity index (χ1) is 6.08. The van der Waals surface area contributed by atoms with Gasteiger partial charge in [-0.25, -0.2) is 4.79 Å². The van der Waals surface area contributed by atoms with Crippen LogP contribution in [0.2, 0.25) is 0 Å². The number of ether oxygens (including phenoxy) is 1. The summed E-state index contributed by atoms with van der Waals surface area (Å²) in [4.78, 5) is 10.8. The summed E-state index contributed by atoms with van der Waals surface area (Å²) in [5, 5.41) is 14.9. The van der Waals surface area contributed by atoms with Crippen LogP contribution in [0.15, 0.2) is 0 Å². The van der Waals surface area contributed by atoms with E-state index in [1.54, 1.807) is 6.92 Å². The van der Waals surface area contributed by atoms with Gasteiger partial charge in [0, 0.05) is 20.1 Å². The minimum absolute atomic E-state index is 0.218. The van der Waals surface area contributed by atoms with Gasteiger partial charge in [-0.2, -0.15) is 0 Å². The van der Waals surface area contributed by atoms with Crippen molar-refractivity contribution in [2.45, 2.75) is 25.0 Å². The van der Waals surface area contributed by atoms with Gasteiger partial charge in [0.1, 0.15) is 5.60 Å². The lowest BCUT2D eigenvalue weighted by Crippen LogP contribution is -2.49. The molecule has 5 heteroatoms.